The van der Waals surface area contributed by atoms with Gasteiger partial charge in [-0.3, -0.25) is 4.79 Å². The quantitative estimate of drug-likeness (QED) is 0.803. The van der Waals surface area contributed by atoms with Crippen LogP contribution in [-0.2, 0) is 17.9 Å². The highest BCUT2D eigenvalue weighted by Crippen LogP contribution is 2.19. The van der Waals surface area contributed by atoms with Gasteiger partial charge in [-0.1, -0.05) is 0 Å². The number of amides is 1. The van der Waals surface area contributed by atoms with Crippen LogP contribution >= 0.6 is 0 Å². The van der Waals surface area contributed by atoms with E-state index < -0.39 is 0 Å². The molecule has 0 spiro atoms. The lowest BCUT2D eigenvalue weighted by Crippen LogP contribution is -2.41. The predicted molar refractivity (Wildman–Crippen MR) is 78.7 cm³/mol. The number of imidazole rings is 1. The van der Waals surface area contributed by atoms with E-state index >= 15 is 0 Å². The molecule has 8 nitrogen and oxygen atoms in total. The first-order valence-corrected chi connectivity index (χ1v) is 7.68. The molecule has 118 valence electrons. The van der Waals surface area contributed by atoms with E-state index in [1.54, 1.807) is 10.9 Å². The molecule has 3 heterocycles. The van der Waals surface area contributed by atoms with Gasteiger partial charge in [0.15, 0.2) is 0 Å². The summed E-state index contributed by atoms with van der Waals surface area (Å²) in [5.74, 6) is 1.43. The molecule has 1 saturated heterocycles. The molecule has 0 aromatic carbocycles. The zero-order valence-electron chi connectivity index (χ0n) is 12.8. The highest BCUT2D eigenvalue weighted by molar-refractivity contribution is 5.76. The van der Waals surface area contributed by atoms with Gasteiger partial charge in [0.05, 0.1) is 12.9 Å². The summed E-state index contributed by atoms with van der Waals surface area (Å²) in [5, 5.41) is 11.3. The van der Waals surface area contributed by atoms with Crippen LogP contribution in [-0.4, -0.2) is 53.7 Å². The Balaban J connectivity index is 1.50. The largest absolute Gasteiger partial charge is 0.342 e. The normalized spacial score (nSPS) is 18.6. The van der Waals surface area contributed by atoms with E-state index in [0.29, 0.717) is 18.9 Å². The van der Waals surface area contributed by atoms with Gasteiger partial charge in [0.2, 0.25) is 5.91 Å². The van der Waals surface area contributed by atoms with E-state index in [2.05, 4.69) is 25.1 Å². The number of aryl methyl sites for hydroxylation is 2. The first-order valence-electron chi connectivity index (χ1n) is 7.68. The molecule has 22 heavy (non-hydrogen) atoms. The summed E-state index contributed by atoms with van der Waals surface area (Å²) < 4.78 is 3.76. The monoisotopic (exact) mass is 303 g/mol. The summed E-state index contributed by atoms with van der Waals surface area (Å²) in [6.07, 6.45) is 8.27. The van der Waals surface area contributed by atoms with Crippen molar-refractivity contribution < 1.29 is 4.79 Å². The Bertz CT molecular complexity index is 606. The van der Waals surface area contributed by atoms with Crippen molar-refractivity contribution >= 4 is 5.91 Å². The summed E-state index contributed by atoms with van der Waals surface area (Å²) in [6.45, 7) is 4.99. The van der Waals surface area contributed by atoms with Gasteiger partial charge in [-0.15, -0.1) is 5.10 Å². The number of hydrogen-bond donors (Lipinski definition) is 0. The molecule has 1 amide bonds. The maximum Gasteiger partial charge on any atom is 0.224 e. The summed E-state index contributed by atoms with van der Waals surface area (Å²) >= 11 is 0. The number of nitrogens with zero attached hydrogens (tertiary/aromatic N) is 7. The Morgan fingerprint density at radius 2 is 2.36 bits per heavy atom. The number of carbonyl (C=O) groups is 1. The predicted octanol–water partition coefficient (Wildman–Crippen LogP) is 0.507. The zero-order chi connectivity index (χ0) is 15.4. The smallest absolute Gasteiger partial charge is 0.224 e. The number of likely N-dealkylation sites (tertiary alicyclic amines) is 1. The van der Waals surface area contributed by atoms with Crippen LogP contribution < -0.4 is 0 Å². The van der Waals surface area contributed by atoms with Gasteiger partial charge in [0, 0.05) is 38.4 Å². The van der Waals surface area contributed by atoms with Crippen LogP contribution in [0.25, 0.3) is 0 Å². The van der Waals surface area contributed by atoms with E-state index in [-0.39, 0.29) is 5.91 Å². The van der Waals surface area contributed by atoms with Crippen molar-refractivity contribution in [1.82, 2.24) is 34.7 Å². The molecule has 0 unspecified atom stereocenters. The van der Waals surface area contributed by atoms with Crippen LogP contribution in [0.5, 0.6) is 0 Å². The number of hydrogen-bond acceptors (Lipinski definition) is 5. The second-order valence-electron chi connectivity index (χ2n) is 5.81. The lowest BCUT2D eigenvalue weighted by Gasteiger charge is -2.33. The lowest BCUT2D eigenvalue weighted by molar-refractivity contribution is -0.133. The highest BCUT2D eigenvalue weighted by atomic mass is 16.2. The highest BCUT2D eigenvalue weighted by Gasteiger charge is 2.23. The second-order valence-corrected chi connectivity index (χ2v) is 5.81. The van der Waals surface area contributed by atoms with Crippen LogP contribution in [0.4, 0.5) is 0 Å². The fourth-order valence-electron chi connectivity index (χ4n) is 2.95. The molecule has 0 saturated carbocycles. The minimum Gasteiger partial charge on any atom is -0.342 e. The zero-order valence-corrected chi connectivity index (χ0v) is 12.8. The van der Waals surface area contributed by atoms with Gasteiger partial charge in [0.25, 0.3) is 0 Å². The van der Waals surface area contributed by atoms with Crippen molar-refractivity contribution in [2.24, 2.45) is 5.92 Å². The van der Waals surface area contributed by atoms with Gasteiger partial charge in [-0.25, -0.2) is 9.67 Å². The van der Waals surface area contributed by atoms with Crippen LogP contribution in [0.3, 0.4) is 0 Å². The van der Waals surface area contributed by atoms with Gasteiger partial charge < -0.3 is 9.47 Å². The Morgan fingerprint density at radius 1 is 1.45 bits per heavy atom. The minimum atomic E-state index is 0.185. The van der Waals surface area contributed by atoms with Crippen LogP contribution in [0.2, 0.25) is 0 Å². The van der Waals surface area contributed by atoms with Crippen molar-refractivity contribution in [3.05, 3.63) is 24.5 Å². The maximum atomic E-state index is 12.4. The fourth-order valence-corrected chi connectivity index (χ4v) is 2.95. The van der Waals surface area contributed by atoms with Crippen molar-refractivity contribution in [3.63, 3.8) is 0 Å². The Hall–Kier alpha value is -2.25. The summed E-state index contributed by atoms with van der Waals surface area (Å²) in [4.78, 5) is 18.4. The second kappa shape index (κ2) is 6.67. The topological polar surface area (TPSA) is 81.7 Å². The molecule has 1 atom stereocenters. The van der Waals surface area contributed by atoms with Crippen molar-refractivity contribution in [2.75, 3.05) is 13.1 Å². The third-order valence-electron chi connectivity index (χ3n) is 4.15. The Morgan fingerprint density at radius 3 is 3.09 bits per heavy atom. The lowest BCUT2D eigenvalue weighted by atomic mass is 9.97. The number of piperidine rings is 1. The SMILES string of the molecule is Cc1nnnn1CCC(=O)N1CCC[C@H](Cn2ccnc2)C1. The standard InChI is InChI=1S/C14H21N7O/c1-12-16-17-18-21(12)7-4-14(22)20-6-2-3-13(10-20)9-19-8-5-15-11-19/h5,8,11,13H,2-4,6-7,9-10H2,1H3/t13-/m1/s1. The van der Waals surface area contributed by atoms with E-state index in [9.17, 15) is 4.79 Å². The van der Waals surface area contributed by atoms with Crippen molar-refractivity contribution in [1.29, 1.82) is 0 Å². The molecular weight excluding hydrogens is 282 g/mol. The first kappa shape index (κ1) is 14.7. The summed E-state index contributed by atoms with van der Waals surface area (Å²) in [6, 6.07) is 0. The number of tetrazole rings is 1. The van der Waals surface area contributed by atoms with E-state index in [1.165, 1.54) is 0 Å². The van der Waals surface area contributed by atoms with Gasteiger partial charge in [-0.2, -0.15) is 0 Å². The number of carbonyl (C=O) groups excluding carboxylic acids is 1. The molecule has 8 heteroatoms. The number of rotatable bonds is 5. The molecule has 3 rings (SSSR count). The van der Waals surface area contributed by atoms with E-state index in [1.807, 2.05) is 24.3 Å². The molecule has 1 aliphatic rings. The van der Waals surface area contributed by atoms with Gasteiger partial charge >= 0.3 is 0 Å². The van der Waals surface area contributed by atoms with Crippen molar-refractivity contribution in [2.45, 2.75) is 39.3 Å². The molecule has 1 fully saturated rings. The van der Waals surface area contributed by atoms with Crippen molar-refractivity contribution in [3.8, 4) is 0 Å². The third kappa shape index (κ3) is 3.49. The van der Waals surface area contributed by atoms with E-state index in [4.69, 9.17) is 0 Å². The van der Waals surface area contributed by atoms with Gasteiger partial charge in [0.1, 0.15) is 5.82 Å². The molecule has 2 aromatic rings. The maximum absolute atomic E-state index is 12.4. The van der Waals surface area contributed by atoms with Crippen LogP contribution in [0, 0.1) is 12.8 Å². The molecular formula is C14H21N7O. The van der Waals surface area contributed by atoms with Crippen LogP contribution in [0.1, 0.15) is 25.1 Å². The average Bonchev–Trinajstić information content (AvgIpc) is 3.17. The average molecular weight is 303 g/mol. The van der Waals surface area contributed by atoms with Crippen LogP contribution in [0.15, 0.2) is 18.7 Å². The molecule has 0 N–H and O–H groups in total. The fraction of sp³-hybridized carbons (Fsp3) is 0.643. The molecule has 0 radical (unpaired) electrons. The third-order valence-corrected chi connectivity index (χ3v) is 4.15. The van der Waals surface area contributed by atoms with Gasteiger partial charge in [-0.05, 0) is 36.1 Å². The summed E-state index contributed by atoms with van der Waals surface area (Å²) in [7, 11) is 0. The molecule has 0 bridgehead atoms. The Labute approximate surface area is 129 Å². The molecule has 0 aliphatic carbocycles. The summed E-state index contributed by atoms with van der Waals surface area (Å²) in [5.41, 5.74) is 0. The minimum absolute atomic E-state index is 0.185. The molecule has 1 aliphatic heterocycles. The first-order chi connectivity index (χ1) is 10.7. The van der Waals surface area contributed by atoms with E-state index in [0.717, 1.165) is 38.3 Å². The Kier molecular flexibility index (Phi) is 4.45. The number of aromatic nitrogens is 6. The molecule has 2 aromatic heterocycles.